The van der Waals surface area contributed by atoms with Crippen LogP contribution in [0, 0.1) is 0 Å². The standard InChI is InChI=1S/C6H14OSi/c1-4-8(7,5-2)6-3/h4,7H,1,5-6H2,2-3H3. The second-order valence-corrected chi connectivity index (χ2v) is 6.04. The molecule has 8 heavy (non-hydrogen) atoms. The lowest BCUT2D eigenvalue weighted by Gasteiger charge is -2.14. The monoisotopic (exact) mass is 130 g/mol. The average molecular weight is 130 g/mol. The first-order valence-electron chi connectivity index (χ1n) is 3.04. The van der Waals surface area contributed by atoms with Gasteiger partial charge in [-0.15, -0.1) is 6.58 Å². The van der Waals surface area contributed by atoms with Crippen molar-refractivity contribution in [3.63, 3.8) is 0 Å². The van der Waals surface area contributed by atoms with E-state index < -0.39 is 8.32 Å². The molecule has 48 valence electrons. The van der Waals surface area contributed by atoms with Gasteiger partial charge in [0.25, 0.3) is 0 Å². The molecule has 0 amide bonds. The quantitative estimate of drug-likeness (QED) is 0.576. The van der Waals surface area contributed by atoms with E-state index in [1.54, 1.807) is 5.70 Å². The van der Waals surface area contributed by atoms with Crippen molar-refractivity contribution in [2.24, 2.45) is 0 Å². The van der Waals surface area contributed by atoms with E-state index in [4.69, 9.17) is 0 Å². The Morgan fingerprint density at radius 3 is 1.88 bits per heavy atom. The van der Waals surface area contributed by atoms with E-state index in [1.165, 1.54) is 0 Å². The summed E-state index contributed by atoms with van der Waals surface area (Å²) < 4.78 is 0. The summed E-state index contributed by atoms with van der Waals surface area (Å²) >= 11 is 0. The molecule has 0 atom stereocenters. The van der Waals surface area contributed by atoms with Crippen LogP contribution in [-0.4, -0.2) is 13.1 Å². The first kappa shape index (κ1) is 7.92. The van der Waals surface area contributed by atoms with Crippen LogP contribution in [0.5, 0.6) is 0 Å². The van der Waals surface area contributed by atoms with Gasteiger partial charge in [-0.05, 0) is 12.1 Å². The molecule has 0 aromatic heterocycles. The fourth-order valence-corrected chi connectivity index (χ4v) is 1.62. The first-order valence-corrected chi connectivity index (χ1v) is 5.48. The summed E-state index contributed by atoms with van der Waals surface area (Å²) in [6, 6.07) is 1.79. The minimum absolute atomic E-state index is 0.896. The molecule has 1 N–H and O–H groups in total. The van der Waals surface area contributed by atoms with Crippen molar-refractivity contribution in [1.82, 2.24) is 0 Å². The van der Waals surface area contributed by atoms with E-state index in [9.17, 15) is 4.80 Å². The van der Waals surface area contributed by atoms with Gasteiger partial charge in [0.2, 0.25) is 8.32 Å². The summed E-state index contributed by atoms with van der Waals surface area (Å²) in [5.74, 6) is 0. The summed E-state index contributed by atoms with van der Waals surface area (Å²) in [7, 11) is -1.91. The molecule has 0 saturated carbocycles. The maximum Gasteiger partial charge on any atom is 0.211 e. The summed E-state index contributed by atoms with van der Waals surface area (Å²) in [5, 5.41) is 0. The topological polar surface area (TPSA) is 20.2 Å². The van der Waals surface area contributed by atoms with Crippen molar-refractivity contribution in [3.05, 3.63) is 12.3 Å². The average Bonchev–Trinajstić information content (AvgIpc) is 1.87. The van der Waals surface area contributed by atoms with Crippen LogP contribution in [-0.2, 0) is 0 Å². The number of hydrogen-bond acceptors (Lipinski definition) is 1. The lowest BCUT2D eigenvalue weighted by Crippen LogP contribution is -2.28. The third kappa shape index (κ3) is 1.80. The normalized spacial score (nSPS) is 11.4. The molecule has 0 bridgehead atoms. The zero-order chi connectivity index (χ0) is 6.62. The van der Waals surface area contributed by atoms with Crippen LogP contribution in [0.15, 0.2) is 12.3 Å². The molecule has 0 unspecified atom stereocenters. The highest BCUT2D eigenvalue weighted by molar-refractivity contribution is 6.77. The minimum Gasteiger partial charge on any atom is -0.428 e. The van der Waals surface area contributed by atoms with Gasteiger partial charge in [0.15, 0.2) is 0 Å². The lowest BCUT2D eigenvalue weighted by molar-refractivity contribution is 0.548. The van der Waals surface area contributed by atoms with Gasteiger partial charge in [0.05, 0.1) is 0 Å². The molecule has 0 saturated heterocycles. The smallest absolute Gasteiger partial charge is 0.211 e. The molecule has 0 radical (unpaired) electrons. The van der Waals surface area contributed by atoms with Gasteiger partial charge in [0, 0.05) is 0 Å². The Kier molecular flexibility index (Phi) is 3.01. The maximum atomic E-state index is 9.46. The summed E-state index contributed by atoms with van der Waals surface area (Å²) in [6.07, 6.45) is 0. The van der Waals surface area contributed by atoms with Crippen molar-refractivity contribution in [2.45, 2.75) is 25.9 Å². The molecule has 0 aliphatic heterocycles. The van der Waals surface area contributed by atoms with Crippen molar-refractivity contribution in [1.29, 1.82) is 0 Å². The molecule has 0 aromatic rings. The lowest BCUT2D eigenvalue weighted by atomic mass is 10.9. The van der Waals surface area contributed by atoms with Crippen molar-refractivity contribution in [2.75, 3.05) is 0 Å². The van der Waals surface area contributed by atoms with E-state index in [1.807, 2.05) is 13.8 Å². The van der Waals surface area contributed by atoms with Crippen molar-refractivity contribution in [3.8, 4) is 0 Å². The van der Waals surface area contributed by atoms with Crippen LogP contribution >= 0.6 is 0 Å². The van der Waals surface area contributed by atoms with Gasteiger partial charge in [0.1, 0.15) is 0 Å². The summed E-state index contributed by atoms with van der Waals surface area (Å²) in [6.45, 7) is 7.61. The van der Waals surface area contributed by atoms with Crippen molar-refractivity contribution >= 4 is 8.32 Å². The molecular weight excluding hydrogens is 116 g/mol. The van der Waals surface area contributed by atoms with E-state index in [0.29, 0.717) is 0 Å². The second kappa shape index (κ2) is 3.05. The van der Waals surface area contributed by atoms with E-state index in [0.717, 1.165) is 12.1 Å². The van der Waals surface area contributed by atoms with Gasteiger partial charge >= 0.3 is 0 Å². The van der Waals surface area contributed by atoms with Crippen LogP contribution in [0.3, 0.4) is 0 Å². The Bertz CT molecular complexity index is 76.6. The van der Waals surface area contributed by atoms with E-state index in [-0.39, 0.29) is 0 Å². The molecule has 0 aliphatic rings. The van der Waals surface area contributed by atoms with E-state index >= 15 is 0 Å². The Labute approximate surface area is 52.2 Å². The highest BCUT2D eigenvalue weighted by atomic mass is 28.4. The van der Waals surface area contributed by atoms with Crippen LogP contribution < -0.4 is 0 Å². The Balaban J connectivity index is 3.76. The molecule has 0 spiro atoms. The van der Waals surface area contributed by atoms with Crippen LogP contribution in [0.2, 0.25) is 12.1 Å². The highest BCUT2D eigenvalue weighted by Crippen LogP contribution is 2.10. The predicted octanol–water partition coefficient (Wildman–Crippen LogP) is 1.69. The Hall–Kier alpha value is -0.0831. The zero-order valence-corrected chi connectivity index (χ0v) is 6.65. The SMILES string of the molecule is C=C[Si](O)(CC)CC. The summed E-state index contributed by atoms with van der Waals surface area (Å²) in [5.41, 5.74) is 1.74. The molecule has 0 aromatic carbocycles. The zero-order valence-electron chi connectivity index (χ0n) is 5.65. The largest absolute Gasteiger partial charge is 0.428 e. The van der Waals surface area contributed by atoms with Gasteiger partial charge in [-0.25, -0.2) is 0 Å². The predicted molar refractivity (Wildman–Crippen MR) is 39.1 cm³/mol. The van der Waals surface area contributed by atoms with Crippen LogP contribution in [0.1, 0.15) is 13.8 Å². The molecule has 0 aliphatic carbocycles. The Morgan fingerprint density at radius 2 is 1.88 bits per heavy atom. The van der Waals surface area contributed by atoms with Gasteiger partial charge in [-0.3, -0.25) is 0 Å². The molecule has 1 nitrogen and oxygen atoms in total. The molecular formula is C6H14OSi. The second-order valence-electron chi connectivity index (χ2n) is 2.01. The molecule has 0 rings (SSSR count). The van der Waals surface area contributed by atoms with E-state index in [2.05, 4.69) is 6.58 Å². The van der Waals surface area contributed by atoms with Crippen LogP contribution in [0.4, 0.5) is 0 Å². The van der Waals surface area contributed by atoms with Gasteiger partial charge < -0.3 is 4.80 Å². The fraction of sp³-hybridized carbons (Fsp3) is 0.667. The van der Waals surface area contributed by atoms with Gasteiger partial charge in [-0.2, -0.15) is 0 Å². The van der Waals surface area contributed by atoms with Crippen molar-refractivity contribution < 1.29 is 4.80 Å². The Morgan fingerprint density at radius 1 is 1.50 bits per heavy atom. The minimum atomic E-state index is -1.91. The molecule has 0 heterocycles. The molecule has 0 fully saturated rings. The number of rotatable bonds is 3. The maximum absolute atomic E-state index is 9.46. The van der Waals surface area contributed by atoms with Gasteiger partial charge in [-0.1, -0.05) is 19.5 Å². The first-order chi connectivity index (χ1) is 3.68. The third-order valence-electron chi connectivity index (χ3n) is 1.60. The fourth-order valence-electron chi connectivity index (χ4n) is 0.539. The highest BCUT2D eigenvalue weighted by Gasteiger charge is 2.20. The van der Waals surface area contributed by atoms with Crippen LogP contribution in [0.25, 0.3) is 0 Å². The molecule has 2 heteroatoms. The number of hydrogen-bond donors (Lipinski definition) is 1. The third-order valence-corrected chi connectivity index (χ3v) is 4.81. The summed E-state index contributed by atoms with van der Waals surface area (Å²) in [4.78, 5) is 9.46.